The Bertz CT molecular complexity index is 404. The lowest BCUT2D eigenvalue weighted by molar-refractivity contribution is 0.107. The molecule has 0 aliphatic heterocycles. The molecular weight excluding hydrogens is 283 g/mol. The average Bonchev–Trinajstić information content (AvgIpc) is 2.19. The summed E-state index contributed by atoms with van der Waals surface area (Å²) in [6, 6.07) is 1.71. The number of rotatable bonds is 3. The van der Waals surface area contributed by atoms with E-state index < -0.39 is 5.24 Å². The lowest BCUT2D eigenvalue weighted by Crippen LogP contribution is -1.99. The lowest BCUT2D eigenvalue weighted by atomic mass is 10.1. The summed E-state index contributed by atoms with van der Waals surface area (Å²) in [7, 11) is 1.41. The van der Waals surface area contributed by atoms with E-state index >= 15 is 0 Å². The smallest absolute Gasteiger partial charge is 0.259 e. The molecule has 0 fully saturated rings. The van der Waals surface area contributed by atoms with E-state index in [2.05, 4.69) is 15.9 Å². The second kappa shape index (κ2) is 4.86. The Morgan fingerprint density at radius 2 is 2.27 bits per heavy atom. The predicted molar refractivity (Wildman–Crippen MR) is 61.9 cm³/mol. The highest BCUT2D eigenvalue weighted by Crippen LogP contribution is 2.39. The van der Waals surface area contributed by atoms with Crippen molar-refractivity contribution in [3.63, 3.8) is 0 Å². The lowest BCUT2D eigenvalue weighted by Gasteiger charge is -2.12. The van der Waals surface area contributed by atoms with Gasteiger partial charge in [0.15, 0.2) is 0 Å². The zero-order chi connectivity index (χ0) is 11.6. The van der Waals surface area contributed by atoms with Gasteiger partial charge in [-0.05, 0) is 45.6 Å². The topological polar surface area (TPSA) is 46.5 Å². The molecule has 0 saturated carbocycles. The molecule has 1 N–H and O–H groups in total. The van der Waals surface area contributed by atoms with Gasteiger partial charge in [-0.25, -0.2) is 0 Å². The third kappa shape index (κ3) is 2.26. The molecule has 82 valence electrons. The highest BCUT2D eigenvalue weighted by molar-refractivity contribution is 9.10. The van der Waals surface area contributed by atoms with Crippen molar-refractivity contribution in [1.82, 2.24) is 0 Å². The van der Waals surface area contributed by atoms with Crippen LogP contribution in [0, 0.1) is 0 Å². The van der Waals surface area contributed by atoms with E-state index in [1.807, 2.05) is 6.92 Å². The van der Waals surface area contributed by atoms with Crippen LogP contribution in [0.3, 0.4) is 0 Å². The van der Waals surface area contributed by atoms with Gasteiger partial charge in [-0.3, -0.25) is 4.79 Å². The van der Waals surface area contributed by atoms with E-state index in [0.717, 1.165) is 0 Å². The molecule has 3 nitrogen and oxygen atoms in total. The molecule has 1 rings (SSSR count). The van der Waals surface area contributed by atoms with Crippen molar-refractivity contribution < 1.29 is 14.6 Å². The van der Waals surface area contributed by atoms with E-state index in [1.165, 1.54) is 7.11 Å². The minimum Gasteiger partial charge on any atom is -0.507 e. The molecule has 0 heterocycles. The van der Waals surface area contributed by atoms with Gasteiger partial charge in [0.25, 0.3) is 5.24 Å². The third-order valence-corrected chi connectivity index (χ3v) is 2.85. The minimum absolute atomic E-state index is 0.00499. The summed E-state index contributed by atoms with van der Waals surface area (Å²) in [5.74, 6) is 0.141. The summed E-state index contributed by atoms with van der Waals surface area (Å²) in [6.45, 7) is 1.87. The Kier molecular flexibility index (Phi) is 3.99. The molecule has 1 aromatic rings. The highest BCUT2D eigenvalue weighted by Gasteiger charge is 2.21. The molecule has 0 aliphatic rings. The zero-order valence-corrected chi connectivity index (χ0v) is 10.6. The summed E-state index contributed by atoms with van der Waals surface area (Å²) >= 11 is 8.65. The van der Waals surface area contributed by atoms with Crippen molar-refractivity contribution in [2.75, 3.05) is 7.11 Å². The SMILES string of the molecule is CCc1cc(Br)c(OC)c(C(=O)Cl)c1O. The van der Waals surface area contributed by atoms with E-state index in [0.29, 0.717) is 16.5 Å². The van der Waals surface area contributed by atoms with Crippen molar-refractivity contribution in [3.8, 4) is 11.5 Å². The van der Waals surface area contributed by atoms with Crippen LogP contribution in [-0.2, 0) is 6.42 Å². The first-order valence-corrected chi connectivity index (χ1v) is 5.48. The summed E-state index contributed by atoms with van der Waals surface area (Å²) in [4.78, 5) is 11.2. The molecule has 0 spiro atoms. The fraction of sp³-hybridized carbons (Fsp3) is 0.300. The first-order chi connectivity index (χ1) is 7.02. The first-order valence-electron chi connectivity index (χ1n) is 4.31. The van der Waals surface area contributed by atoms with Crippen LogP contribution in [0.15, 0.2) is 10.5 Å². The number of benzene rings is 1. The van der Waals surface area contributed by atoms with Gasteiger partial charge in [0, 0.05) is 0 Å². The number of aromatic hydroxyl groups is 1. The van der Waals surface area contributed by atoms with Crippen LogP contribution in [0.1, 0.15) is 22.8 Å². The second-order valence-electron chi connectivity index (χ2n) is 2.90. The Hall–Kier alpha value is -0.740. The zero-order valence-electron chi connectivity index (χ0n) is 8.30. The van der Waals surface area contributed by atoms with Crippen molar-refractivity contribution in [1.29, 1.82) is 0 Å². The first kappa shape index (κ1) is 12.3. The summed E-state index contributed by atoms with van der Waals surface area (Å²) < 4.78 is 5.61. The van der Waals surface area contributed by atoms with E-state index in [1.54, 1.807) is 6.07 Å². The molecule has 0 unspecified atom stereocenters. The number of methoxy groups -OCH3 is 1. The van der Waals surface area contributed by atoms with Crippen LogP contribution in [0.25, 0.3) is 0 Å². The molecular formula is C10H10BrClO3. The maximum absolute atomic E-state index is 11.2. The largest absolute Gasteiger partial charge is 0.507 e. The van der Waals surface area contributed by atoms with Crippen LogP contribution in [0.4, 0.5) is 0 Å². The highest BCUT2D eigenvalue weighted by atomic mass is 79.9. The summed E-state index contributed by atoms with van der Waals surface area (Å²) in [6.07, 6.45) is 0.603. The predicted octanol–water partition coefficient (Wildman–Crippen LogP) is 3.10. The Morgan fingerprint density at radius 3 is 2.67 bits per heavy atom. The number of hydrogen-bond acceptors (Lipinski definition) is 3. The molecule has 0 aromatic heterocycles. The second-order valence-corrected chi connectivity index (χ2v) is 4.10. The monoisotopic (exact) mass is 292 g/mol. The molecule has 0 aliphatic carbocycles. The Labute approximate surface area is 101 Å². The van der Waals surface area contributed by atoms with E-state index in [9.17, 15) is 9.90 Å². The normalized spacial score (nSPS) is 10.1. The molecule has 0 atom stereocenters. The minimum atomic E-state index is -0.736. The summed E-state index contributed by atoms with van der Waals surface area (Å²) in [5.41, 5.74) is 0.650. The van der Waals surface area contributed by atoms with Gasteiger partial charge in [-0.1, -0.05) is 6.92 Å². The molecule has 5 heteroatoms. The number of ether oxygens (including phenoxy) is 1. The van der Waals surface area contributed by atoms with Gasteiger partial charge in [0.2, 0.25) is 0 Å². The third-order valence-electron chi connectivity index (χ3n) is 2.07. The average molecular weight is 294 g/mol. The van der Waals surface area contributed by atoms with Crippen LogP contribution in [-0.4, -0.2) is 17.5 Å². The van der Waals surface area contributed by atoms with Crippen molar-refractivity contribution in [2.24, 2.45) is 0 Å². The number of carbonyl (C=O) groups is 1. The molecule has 15 heavy (non-hydrogen) atoms. The summed E-state index contributed by atoms with van der Waals surface area (Å²) in [5, 5.41) is 9.05. The molecule has 1 aromatic carbocycles. The fourth-order valence-electron chi connectivity index (χ4n) is 1.33. The molecule has 0 radical (unpaired) electrons. The number of hydrogen-bond donors (Lipinski definition) is 1. The van der Waals surface area contributed by atoms with Crippen LogP contribution < -0.4 is 4.74 Å². The van der Waals surface area contributed by atoms with Crippen LogP contribution in [0.5, 0.6) is 11.5 Å². The number of aryl methyl sites for hydroxylation is 1. The van der Waals surface area contributed by atoms with E-state index in [4.69, 9.17) is 16.3 Å². The molecule has 0 amide bonds. The molecule has 0 saturated heterocycles. The maximum Gasteiger partial charge on any atom is 0.259 e. The fourth-order valence-corrected chi connectivity index (χ4v) is 2.14. The molecule has 0 bridgehead atoms. The number of phenolic OH excluding ortho intramolecular Hbond substituents is 1. The van der Waals surface area contributed by atoms with Gasteiger partial charge >= 0.3 is 0 Å². The quantitative estimate of drug-likeness (QED) is 0.871. The van der Waals surface area contributed by atoms with Gasteiger partial charge < -0.3 is 9.84 Å². The van der Waals surface area contributed by atoms with Crippen molar-refractivity contribution in [2.45, 2.75) is 13.3 Å². The number of phenols is 1. The van der Waals surface area contributed by atoms with Crippen molar-refractivity contribution >= 4 is 32.8 Å². The Morgan fingerprint density at radius 1 is 1.67 bits per heavy atom. The van der Waals surface area contributed by atoms with Gasteiger partial charge in [0.05, 0.1) is 11.6 Å². The van der Waals surface area contributed by atoms with Gasteiger partial charge in [0.1, 0.15) is 17.1 Å². The maximum atomic E-state index is 11.2. The Balaban J connectivity index is 3.55. The number of halogens is 2. The number of carbonyl (C=O) groups excluding carboxylic acids is 1. The van der Waals surface area contributed by atoms with Crippen LogP contribution >= 0.6 is 27.5 Å². The standard InChI is InChI=1S/C10H10BrClO3/c1-3-5-4-6(11)9(15-2)7(8(5)13)10(12)14/h4,13H,3H2,1-2H3. The van der Waals surface area contributed by atoms with Gasteiger partial charge in [-0.15, -0.1) is 0 Å². The van der Waals surface area contributed by atoms with Crippen LogP contribution in [0.2, 0.25) is 0 Å². The van der Waals surface area contributed by atoms with Crippen molar-refractivity contribution in [3.05, 3.63) is 21.7 Å². The van der Waals surface area contributed by atoms with E-state index in [-0.39, 0.29) is 17.1 Å². The van der Waals surface area contributed by atoms with Gasteiger partial charge in [-0.2, -0.15) is 0 Å².